The number of nitrogens with one attached hydrogen (secondary N) is 1. The van der Waals surface area contributed by atoms with Crippen molar-refractivity contribution in [1.29, 1.82) is 0 Å². The lowest BCUT2D eigenvalue weighted by molar-refractivity contribution is 0.769. The molecule has 0 spiro atoms. The third kappa shape index (κ3) is 4.25. The summed E-state index contributed by atoms with van der Waals surface area (Å²) in [4.78, 5) is 0. The van der Waals surface area contributed by atoms with E-state index in [2.05, 4.69) is 187 Å². The largest absolute Gasteiger partial charge is 0.355 e. The highest BCUT2D eigenvalue weighted by Crippen LogP contribution is 2.56. The zero-order valence-corrected chi connectivity index (χ0v) is 24.3. The molecular formula is C43H31N. The van der Waals surface area contributed by atoms with Crippen LogP contribution in [0, 0.1) is 0 Å². The first-order chi connectivity index (χ1) is 21.8. The fourth-order valence-electron chi connectivity index (χ4n) is 7.01. The van der Waals surface area contributed by atoms with Gasteiger partial charge >= 0.3 is 0 Å². The van der Waals surface area contributed by atoms with E-state index in [4.69, 9.17) is 0 Å². The van der Waals surface area contributed by atoms with E-state index < -0.39 is 5.41 Å². The molecule has 1 aliphatic rings. The molecule has 0 unspecified atom stereocenters. The predicted octanol–water partition coefficient (Wildman–Crippen LogP) is 11.1. The number of benzene rings is 7. The van der Waals surface area contributed by atoms with Gasteiger partial charge in [-0.25, -0.2) is 0 Å². The molecular weight excluding hydrogens is 530 g/mol. The Hall–Kier alpha value is -5.66. The summed E-state index contributed by atoms with van der Waals surface area (Å²) < 4.78 is 0. The Morgan fingerprint density at radius 2 is 0.841 bits per heavy atom. The molecule has 0 amide bonds. The SMILES string of the molecule is c1ccc(-c2ccc(Nc3ccccc3-c3cccc(C4(c5ccccc5)c5ccccc5-c5ccccc54)c3)cc2)cc1. The second kappa shape index (κ2) is 10.9. The summed E-state index contributed by atoms with van der Waals surface area (Å²) in [6.07, 6.45) is 0. The average molecular weight is 562 g/mol. The number of hydrogen-bond acceptors (Lipinski definition) is 1. The van der Waals surface area contributed by atoms with E-state index in [0.29, 0.717) is 0 Å². The van der Waals surface area contributed by atoms with Gasteiger partial charge in [0.15, 0.2) is 0 Å². The van der Waals surface area contributed by atoms with Gasteiger partial charge in [0.2, 0.25) is 0 Å². The summed E-state index contributed by atoms with van der Waals surface area (Å²) in [5.74, 6) is 0. The Labute approximate surface area is 259 Å². The number of rotatable bonds is 6. The smallest absolute Gasteiger partial charge is 0.0713 e. The molecule has 1 heteroatoms. The quantitative estimate of drug-likeness (QED) is 0.213. The Kier molecular flexibility index (Phi) is 6.43. The van der Waals surface area contributed by atoms with E-state index in [1.165, 1.54) is 55.6 Å². The summed E-state index contributed by atoms with van der Waals surface area (Å²) in [6, 6.07) is 65.7. The van der Waals surface area contributed by atoms with Crippen molar-refractivity contribution in [2.45, 2.75) is 5.41 Å². The van der Waals surface area contributed by atoms with Gasteiger partial charge in [0.25, 0.3) is 0 Å². The maximum atomic E-state index is 3.71. The zero-order chi connectivity index (χ0) is 29.3. The van der Waals surface area contributed by atoms with Crippen LogP contribution in [0.15, 0.2) is 182 Å². The Balaban J connectivity index is 1.24. The third-order valence-corrected chi connectivity index (χ3v) is 8.96. The first-order valence-electron chi connectivity index (χ1n) is 15.2. The Bertz CT molecular complexity index is 2030. The summed E-state index contributed by atoms with van der Waals surface area (Å²) in [7, 11) is 0. The third-order valence-electron chi connectivity index (χ3n) is 8.96. The molecule has 0 saturated heterocycles. The maximum absolute atomic E-state index is 3.71. The van der Waals surface area contributed by atoms with Crippen molar-refractivity contribution in [1.82, 2.24) is 0 Å². The van der Waals surface area contributed by atoms with Crippen LogP contribution in [0.2, 0.25) is 0 Å². The van der Waals surface area contributed by atoms with Crippen LogP contribution in [-0.2, 0) is 5.41 Å². The van der Waals surface area contributed by atoms with Crippen LogP contribution >= 0.6 is 0 Å². The van der Waals surface area contributed by atoms with Crippen molar-refractivity contribution in [2.75, 3.05) is 5.32 Å². The second-order valence-electron chi connectivity index (χ2n) is 11.4. The van der Waals surface area contributed by atoms with Gasteiger partial charge in [-0.3, -0.25) is 0 Å². The summed E-state index contributed by atoms with van der Waals surface area (Å²) in [5.41, 5.74) is 14.3. The molecule has 1 aliphatic carbocycles. The molecule has 0 fully saturated rings. The van der Waals surface area contributed by atoms with Crippen molar-refractivity contribution in [3.05, 3.63) is 204 Å². The molecule has 208 valence electrons. The van der Waals surface area contributed by atoms with Crippen LogP contribution in [-0.4, -0.2) is 0 Å². The highest BCUT2D eigenvalue weighted by molar-refractivity contribution is 5.88. The van der Waals surface area contributed by atoms with Gasteiger partial charge in [-0.2, -0.15) is 0 Å². The second-order valence-corrected chi connectivity index (χ2v) is 11.4. The molecule has 0 radical (unpaired) electrons. The van der Waals surface area contributed by atoms with E-state index in [0.717, 1.165) is 11.4 Å². The van der Waals surface area contributed by atoms with E-state index in [1.807, 2.05) is 0 Å². The summed E-state index contributed by atoms with van der Waals surface area (Å²) in [6.45, 7) is 0. The maximum Gasteiger partial charge on any atom is 0.0713 e. The molecule has 0 heterocycles. The van der Waals surface area contributed by atoms with Crippen LogP contribution in [0.5, 0.6) is 0 Å². The molecule has 0 aliphatic heterocycles. The van der Waals surface area contributed by atoms with Crippen LogP contribution in [0.1, 0.15) is 22.3 Å². The number of fused-ring (bicyclic) bond motifs is 3. The first-order valence-corrected chi connectivity index (χ1v) is 15.2. The minimum atomic E-state index is -0.417. The number of hydrogen-bond donors (Lipinski definition) is 1. The van der Waals surface area contributed by atoms with Gasteiger partial charge < -0.3 is 5.32 Å². The van der Waals surface area contributed by atoms with Gasteiger partial charge in [-0.05, 0) is 74.3 Å². The van der Waals surface area contributed by atoms with Gasteiger partial charge in [0.1, 0.15) is 0 Å². The summed E-state index contributed by atoms with van der Waals surface area (Å²) >= 11 is 0. The van der Waals surface area contributed by atoms with Crippen molar-refractivity contribution in [3.63, 3.8) is 0 Å². The van der Waals surface area contributed by atoms with E-state index in [1.54, 1.807) is 0 Å². The van der Waals surface area contributed by atoms with Crippen molar-refractivity contribution in [2.24, 2.45) is 0 Å². The van der Waals surface area contributed by atoms with Crippen LogP contribution in [0.3, 0.4) is 0 Å². The highest BCUT2D eigenvalue weighted by atomic mass is 14.9. The lowest BCUT2D eigenvalue weighted by Gasteiger charge is -2.34. The molecule has 44 heavy (non-hydrogen) atoms. The predicted molar refractivity (Wildman–Crippen MR) is 184 cm³/mol. The van der Waals surface area contributed by atoms with Crippen LogP contribution in [0.4, 0.5) is 11.4 Å². The molecule has 8 rings (SSSR count). The van der Waals surface area contributed by atoms with Gasteiger partial charge in [-0.15, -0.1) is 0 Å². The lowest BCUT2D eigenvalue weighted by Crippen LogP contribution is -2.28. The fourth-order valence-corrected chi connectivity index (χ4v) is 7.01. The van der Waals surface area contributed by atoms with Crippen LogP contribution in [0.25, 0.3) is 33.4 Å². The fraction of sp³-hybridized carbons (Fsp3) is 0.0233. The van der Waals surface area contributed by atoms with Crippen LogP contribution < -0.4 is 5.32 Å². The Morgan fingerprint density at radius 3 is 1.52 bits per heavy atom. The van der Waals surface area contributed by atoms with Gasteiger partial charge in [0, 0.05) is 16.9 Å². The first kappa shape index (κ1) is 26.0. The number of anilines is 2. The molecule has 1 nitrogen and oxygen atoms in total. The molecule has 0 saturated carbocycles. The minimum Gasteiger partial charge on any atom is -0.355 e. The standard InChI is InChI=1S/C43H31N/c1-3-14-31(15-4-1)32-26-28-36(29-27-32)44-42-25-12-9-20-37(42)33-16-13-19-35(30-33)43(34-17-5-2-6-18-34)40-23-10-7-21-38(40)39-22-8-11-24-41(39)43/h1-30,44H. The molecule has 0 atom stereocenters. The highest BCUT2D eigenvalue weighted by Gasteiger charge is 2.45. The number of para-hydroxylation sites is 1. The van der Waals surface area contributed by atoms with Crippen molar-refractivity contribution in [3.8, 4) is 33.4 Å². The normalized spacial score (nSPS) is 12.7. The van der Waals surface area contributed by atoms with Crippen molar-refractivity contribution >= 4 is 11.4 Å². The molecule has 1 N–H and O–H groups in total. The van der Waals surface area contributed by atoms with E-state index in [-0.39, 0.29) is 0 Å². The van der Waals surface area contributed by atoms with Gasteiger partial charge in [-0.1, -0.05) is 158 Å². The molecule has 0 aromatic heterocycles. The topological polar surface area (TPSA) is 12.0 Å². The minimum absolute atomic E-state index is 0.417. The Morgan fingerprint density at radius 1 is 0.341 bits per heavy atom. The van der Waals surface area contributed by atoms with E-state index >= 15 is 0 Å². The molecule has 7 aromatic rings. The molecule has 0 bridgehead atoms. The summed E-state index contributed by atoms with van der Waals surface area (Å²) in [5, 5.41) is 3.71. The lowest BCUT2D eigenvalue weighted by atomic mass is 9.67. The van der Waals surface area contributed by atoms with Gasteiger partial charge in [0.05, 0.1) is 5.41 Å². The zero-order valence-electron chi connectivity index (χ0n) is 24.3. The van der Waals surface area contributed by atoms with E-state index in [9.17, 15) is 0 Å². The average Bonchev–Trinajstić information content (AvgIpc) is 3.41. The van der Waals surface area contributed by atoms with Crippen molar-refractivity contribution < 1.29 is 0 Å². The monoisotopic (exact) mass is 561 g/mol. The molecule has 7 aromatic carbocycles.